The van der Waals surface area contributed by atoms with Gasteiger partial charge in [-0.25, -0.2) is 0 Å². The molecule has 1 heterocycles. The molecule has 0 spiro atoms. The summed E-state index contributed by atoms with van der Waals surface area (Å²) in [5, 5.41) is 5.02. The highest BCUT2D eigenvalue weighted by Gasteiger charge is 2.29. The molecule has 3 rings (SSSR count). The molecule has 7 heteroatoms. The van der Waals surface area contributed by atoms with Gasteiger partial charge in [-0.1, -0.05) is 37.3 Å². The van der Waals surface area contributed by atoms with Gasteiger partial charge in [-0.3, -0.25) is 14.4 Å². The molecule has 0 fully saturated rings. The maximum Gasteiger partial charge on any atom is 0.307 e. The number of amides is 2. The van der Waals surface area contributed by atoms with Crippen LogP contribution in [0.25, 0.3) is 0 Å². The van der Waals surface area contributed by atoms with Crippen molar-refractivity contribution in [3.63, 3.8) is 0 Å². The van der Waals surface area contributed by atoms with E-state index in [1.54, 1.807) is 0 Å². The van der Waals surface area contributed by atoms with Crippen molar-refractivity contribution >= 4 is 40.9 Å². The van der Waals surface area contributed by atoms with Crippen molar-refractivity contribution < 1.29 is 19.1 Å². The average Bonchev–Trinajstić information content (AvgIpc) is 2.68. The molecular weight excluding hydrogens is 376 g/mol. The average molecular weight is 398 g/mol. The molecule has 1 atom stereocenters. The van der Waals surface area contributed by atoms with Gasteiger partial charge in [0.1, 0.15) is 0 Å². The third kappa shape index (κ3) is 4.72. The van der Waals surface area contributed by atoms with Crippen molar-refractivity contribution in [2.24, 2.45) is 0 Å². The van der Waals surface area contributed by atoms with Gasteiger partial charge in [0.15, 0.2) is 6.61 Å². The summed E-state index contributed by atoms with van der Waals surface area (Å²) in [5.74, 6) is -1.22. The first kappa shape index (κ1) is 19.9. The number of ether oxygens (including phenoxy) is 1. The first-order chi connectivity index (χ1) is 13.5. The van der Waals surface area contributed by atoms with Gasteiger partial charge in [0, 0.05) is 10.6 Å². The number of anilines is 2. The second-order valence-electron chi connectivity index (χ2n) is 6.47. The Morgan fingerprint density at radius 2 is 1.96 bits per heavy atom. The van der Waals surface area contributed by atoms with Crippen LogP contribution < -0.4 is 10.6 Å². The molecule has 28 heavy (non-hydrogen) atoms. The number of fused-ring (bicyclic) bond motifs is 1. The molecule has 0 saturated heterocycles. The van der Waals surface area contributed by atoms with Crippen LogP contribution >= 0.6 is 11.8 Å². The normalized spacial score (nSPS) is 15.4. The van der Waals surface area contributed by atoms with Gasteiger partial charge in [-0.05, 0) is 36.6 Å². The van der Waals surface area contributed by atoms with Crippen LogP contribution in [-0.4, -0.2) is 29.6 Å². The van der Waals surface area contributed by atoms with E-state index in [0.717, 1.165) is 33.8 Å². The largest absolute Gasteiger partial charge is 0.456 e. The molecule has 0 saturated carbocycles. The minimum atomic E-state index is -0.581. The van der Waals surface area contributed by atoms with Crippen LogP contribution in [-0.2, 0) is 25.5 Å². The van der Waals surface area contributed by atoms with Gasteiger partial charge in [0.2, 0.25) is 5.91 Å². The lowest BCUT2D eigenvalue weighted by Gasteiger charge is -2.23. The molecule has 0 unspecified atom stereocenters. The maximum atomic E-state index is 12.2. The highest BCUT2D eigenvalue weighted by atomic mass is 32.2. The fourth-order valence-corrected chi connectivity index (χ4v) is 4.06. The Bertz CT molecular complexity index is 913. The third-order valence-electron chi connectivity index (χ3n) is 4.43. The van der Waals surface area contributed by atoms with E-state index in [0.29, 0.717) is 0 Å². The van der Waals surface area contributed by atoms with Crippen LogP contribution in [0.3, 0.4) is 0 Å². The van der Waals surface area contributed by atoms with Gasteiger partial charge >= 0.3 is 5.97 Å². The minimum Gasteiger partial charge on any atom is -0.456 e. The number of hydrogen-bond donors (Lipinski definition) is 2. The molecule has 2 aromatic carbocycles. The van der Waals surface area contributed by atoms with Crippen molar-refractivity contribution in [3.8, 4) is 0 Å². The maximum absolute atomic E-state index is 12.2. The second-order valence-corrected chi connectivity index (χ2v) is 7.71. The number of rotatable bonds is 6. The summed E-state index contributed by atoms with van der Waals surface area (Å²) in [6.07, 6.45) is 0.690. The van der Waals surface area contributed by atoms with Crippen molar-refractivity contribution in [2.45, 2.75) is 36.8 Å². The third-order valence-corrected chi connectivity index (χ3v) is 5.70. The first-order valence-corrected chi connectivity index (χ1v) is 9.96. The number of hydrogen-bond acceptors (Lipinski definition) is 5. The standard InChI is InChI=1S/C21H22N2O4S/c1-3-14-8-6-7-13(2)20(14)23-18(24)12-27-19(25)11-17-21(26)22-15-9-4-5-10-16(15)28-17/h4-10,17H,3,11-12H2,1-2H3,(H,22,26)(H,23,24)/t17-/m0/s1. The summed E-state index contributed by atoms with van der Waals surface area (Å²) in [6.45, 7) is 3.54. The number of esters is 1. The van der Waals surface area contributed by atoms with E-state index in [4.69, 9.17) is 4.74 Å². The van der Waals surface area contributed by atoms with Crippen LogP contribution in [0.15, 0.2) is 47.4 Å². The molecular formula is C21H22N2O4S. The van der Waals surface area contributed by atoms with Gasteiger partial charge in [-0.2, -0.15) is 0 Å². The molecule has 0 radical (unpaired) electrons. The number of carbonyl (C=O) groups excluding carboxylic acids is 3. The summed E-state index contributed by atoms with van der Waals surface area (Å²) < 4.78 is 5.08. The molecule has 6 nitrogen and oxygen atoms in total. The van der Waals surface area contributed by atoms with E-state index >= 15 is 0 Å². The van der Waals surface area contributed by atoms with Crippen LogP contribution in [0, 0.1) is 6.92 Å². The molecule has 1 aliphatic heterocycles. The van der Waals surface area contributed by atoms with E-state index in [-0.39, 0.29) is 18.9 Å². The van der Waals surface area contributed by atoms with Crippen LogP contribution in [0.4, 0.5) is 11.4 Å². The Kier molecular flexibility index (Phi) is 6.36. The number of thioether (sulfide) groups is 1. The lowest BCUT2D eigenvalue weighted by Crippen LogP contribution is -2.32. The Labute approximate surface area is 168 Å². The zero-order valence-electron chi connectivity index (χ0n) is 15.8. The molecule has 1 aliphatic rings. The monoisotopic (exact) mass is 398 g/mol. The smallest absolute Gasteiger partial charge is 0.307 e. The number of benzene rings is 2. The molecule has 2 N–H and O–H groups in total. The number of nitrogens with one attached hydrogen (secondary N) is 2. The molecule has 0 aromatic heterocycles. The number of carbonyl (C=O) groups is 3. The van der Waals surface area contributed by atoms with Crippen LogP contribution in [0.1, 0.15) is 24.5 Å². The SMILES string of the molecule is CCc1cccc(C)c1NC(=O)COC(=O)C[C@@H]1Sc2ccccc2NC1=O. The number of aryl methyl sites for hydroxylation is 2. The summed E-state index contributed by atoms with van der Waals surface area (Å²) in [5.41, 5.74) is 3.47. The van der Waals surface area contributed by atoms with Gasteiger partial charge < -0.3 is 15.4 Å². The predicted molar refractivity (Wildman–Crippen MR) is 109 cm³/mol. The second kappa shape index (κ2) is 8.93. The minimum absolute atomic E-state index is 0.0946. The Balaban J connectivity index is 1.52. The van der Waals surface area contributed by atoms with Gasteiger partial charge in [0.25, 0.3) is 5.91 Å². The van der Waals surface area contributed by atoms with E-state index < -0.39 is 17.1 Å². The Hall–Kier alpha value is -2.80. The molecule has 146 valence electrons. The lowest BCUT2D eigenvalue weighted by molar-refractivity contribution is -0.147. The fourth-order valence-electron chi connectivity index (χ4n) is 2.96. The quantitative estimate of drug-likeness (QED) is 0.727. The molecule has 0 bridgehead atoms. The first-order valence-electron chi connectivity index (χ1n) is 9.08. The molecule has 0 aliphatic carbocycles. The van der Waals surface area contributed by atoms with E-state index in [2.05, 4.69) is 10.6 Å². The van der Waals surface area contributed by atoms with Crippen molar-refractivity contribution in [1.29, 1.82) is 0 Å². The van der Waals surface area contributed by atoms with Crippen LogP contribution in [0.2, 0.25) is 0 Å². The Morgan fingerprint density at radius 3 is 2.75 bits per heavy atom. The lowest BCUT2D eigenvalue weighted by atomic mass is 10.1. The molecule has 2 amide bonds. The highest BCUT2D eigenvalue weighted by Crippen LogP contribution is 2.36. The topological polar surface area (TPSA) is 84.5 Å². The zero-order valence-corrected chi connectivity index (χ0v) is 16.6. The predicted octanol–water partition coefficient (Wildman–Crippen LogP) is 3.54. The van der Waals surface area contributed by atoms with Crippen molar-refractivity contribution in [3.05, 3.63) is 53.6 Å². The van der Waals surface area contributed by atoms with Crippen molar-refractivity contribution in [2.75, 3.05) is 17.2 Å². The fraction of sp³-hybridized carbons (Fsp3) is 0.286. The summed E-state index contributed by atoms with van der Waals surface area (Å²) in [7, 11) is 0. The summed E-state index contributed by atoms with van der Waals surface area (Å²) in [4.78, 5) is 37.4. The van der Waals surface area contributed by atoms with E-state index in [9.17, 15) is 14.4 Å². The summed E-state index contributed by atoms with van der Waals surface area (Å²) in [6, 6.07) is 13.2. The number of para-hydroxylation sites is 2. The molecule has 2 aromatic rings. The highest BCUT2D eigenvalue weighted by molar-refractivity contribution is 8.01. The van der Waals surface area contributed by atoms with Crippen molar-refractivity contribution in [1.82, 2.24) is 0 Å². The van der Waals surface area contributed by atoms with Gasteiger partial charge in [-0.15, -0.1) is 11.8 Å². The van der Waals surface area contributed by atoms with E-state index in [1.807, 2.05) is 56.3 Å². The summed E-state index contributed by atoms with van der Waals surface area (Å²) >= 11 is 1.32. The Morgan fingerprint density at radius 1 is 1.18 bits per heavy atom. The zero-order chi connectivity index (χ0) is 20.1. The van der Waals surface area contributed by atoms with Crippen LogP contribution in [0.5, 0.6) is 0 Å². The van der Waals surface area contributed by atoms with E-state index in [1.165, 1.54) is 11.8 Å². The van der Waals surface area contributed by atoms with Gasteiger partial charge in [0.05, 0.1) is 17.4 Å².